The molecule has 0 radical (unpaired) electrons. The first-order chi connectivity index (χ1) is 9.42. The van der Waals surface area contributed by atoms with Gasteiger partial charge >= 0.3 is 0 Å². The van der Waals surface area contributed by atoms with Gasteiger partial charge in [0.1, 0.15) is 6.54 Å². The second-order valence-electron chi connectivity index (χ2n) is 4.43. The first-order valence-electron chi connectivity index (χ1n) is 5.93. The summed E-state index contributed by atoms with van der Waals surface area (Å²) in [5, 5.41) is 12.5. The highest BCUT2D eigenvalue weighted by atomic mass is 32.2. The number of aromatic nitrogens is 2. The molecule has 20 heavy (non-hydrogen) atoms. The molecule has 1 aromatic heterocycles. The van der Waals surface area contributed by atoms with E-state index in [1.807, 2.05) is 19.1 Å². The highest BCUT2D eigenvalue weighted by Gasteiger charge is 2.17. The lowest BCUT2D eigenvalue weighted by Gasteiger charge is -2.09. The summed E-state index contributed by atoms with van der Waals surface area (Å²) in [6.07, 6.45) is 1.54. The van der Waals surface area contributed by atoms with Crippen LogP contribution in [0.2, 0.25) is 0 Å². The Labute approximate surface area is 117 Å². The van der Waals surface area contributed by atoms with Gasteiger partial charge in [0.15, 0.2) is 5.82 Å². The van der Waals surface area contributed by atoms with Gasteiger partial charge in [0, 0.05) is 12.3 Å². The number of nitriles is 1. The summed E-state index contributed by atoms with van der Waals surface area (Å²) in [4.78, 5) is 0.220. The normalized spacial score (nSPS) is 11.1. The number of rotatable bonds is 4. The minimum absolute atomic E-state index is 0.0747. The number of hydrogen-bond acceptors (Lipinski definition) is 4. The van der Waals surface area contributed by atoms with E-state index in [2.05, 4.69) is 9.82 Å². The first-order valence-corrected chi connectivity index (χ1v) is 7.41. The van der Waals surface area contributed by atoms with Gasteiger partial charge in [0.25, 0.3) is 10.0 Å². The summed E-state index contributed by atoms with van der Waals surface area (Å²) in [6.45, 7) is 3.72. The summed E-state index contributed by atoms with van der Waals surface area (Å²) in [5.74, 6) is 0.195. The van der Waals surface area contributed by atoms with Gasteiger partial charge in [-0.1, -0.05) is 17.7 Å². The Hall–Kier alpha value is -2.33. The molecule has 0 unspecified atom stereocenters. The average Bonchev–Trinajstić information content (AvgIpc) is 2.75. The largest absolute Gasteiger partial charge is 0.263 e. The Kier molecular flexibility index (Phi) is 3.77. The minimum atomic E-state index is -3.67. The van der Waals surface area contributed by atoms with Crippen molar-refractivity contribution in [2.75, 3.05) is 4.72 Å². The molecular weight excluding hydrogens is 276 g/mol. The van der Waals surface area contributed by atoms with Crippen molar-refractivity contribution in [1.29, 1.82) is 5.26 Å². The molecule has 7 heteroatoms. The van der Waals surface area contributed by atoms with E-state index in [4.69, 9.17) is 5.26 Å². The summed E-state index contributed by atoms with van der Waals surface area (Å²) in [6, 6.07) is 8.57. The van der Waals surface area contributed by atoms with E-state index < -0.39 is 10.0 Å². The highest BCUT2D eigenvalue weighted by Crippen LogP contribution is 2.19. The monoisotopic (exact) mass is 290 g/mol. The lowest BCUT2D eigenvalue weighted by atomic mass is 10.2. The van der Waals surface area contributed by atoms with Crippen LogP contribution in [0.3, 0.4) is 0 Å². The molecule has 6 nitrogen and oxygen atoms in total. The predicted molar refractivity (Wildman–Crippen MR) is 74.6 cm³/mol. The average molecular weight is 290 g/mol. The molecule has 0 saturated heterocycles. The van der Waals surface area contributed by atoms with Gasteiger partial charge in [-0.05, 0) is 25.5 Å². The van der Waals surface area contributed by atoms with Crippen LogP contribution in [0.25, 0.3) is 0 Å². The van der Waals surface area contributed by atoms with Crippen LogP contribution in [0.1, 0.15) is 11.1 Å². The van der Waals surface area contributed by atoms with Crippen LogP contribution in [0.4, 0.5) is 5.82 Å². The maximum atomic E-state index is 12.3. The van der Waals surface area contributed by atoms with Crippen molar-refractivity contribution in [2.24, 2.45) is 0 Å². The van der Waals surface area contributed by atoms with Gasteiger partial charge in [-0.3, -0.25) is 9.40 Å². The molecule has 2 aromatic rings. The van der Waals surface area contributed by atoms with E-state index in [-0.39, 0.29) is 17.3 Å². The van der Waals surface area contributed by atoms with Crippen LogP contribution in [0, 0.1) is 25.2 Å². The Morgan fingerprint density at radius 2 is 2.10 bits per heavy atom. The third-order valence-corrected chi connectivity index (χ3v) is 4.25. The smallest absolute Gasteiger partial charge is 0.262 e. The minimum Gasteiger partial charge on any atom is -0.262 e. The fourth-order valence-electron chi connectivity index (χ4n) is 1.87. The van der Waals surface area contributed by atoms with Crippen molar-refractivity contribution >= 4 is 15.8 Å². The summed E-state index contributed by atoms with van der Waals surface area (Å²) < 4.78 is 28.3. The molecule has 0 amide bonds. The van der Waals surface area contributed by atoms with Crippen LogP contribution in [0.5, 0.6) is 0 Å². The summed E-state index contributed by atoms with van der Waals surface area (Å²) >= 11 is 0. The fourth-order valence-corrected chi connectivity index (χ4v) is 3.09. The van der Waals surface area contributed by atoms with Crippen molar-refractivity contribution in [3.05, 3.63) is 41.6 Å². The van der Waals surface area contributed by atoms with Crippen LogP contribution >= 0.6 is 0 Å². The number of aryl methyl sites for hydroxylation is 2. The van der Waals surface area contributed by atoms with Crippen molar-refractivity contribution < 1.29 is 8.42 Å². The lowest BCUT2D eigenvalue weighted by molar-refractivity contribution is 0.600. The molecule has 0 aliphatic heterocycles. The van der Waals surface area contributed by atoms with E-state index >= 15 is 0 Å². The number of hydrogen-bond donors (Lipinski definition) is 1. The van der Waals surface area contributed by atoms with Crippen molar-refractivity contribution in [2.45, 2.75) is 25.3 Å². The third-order valence-electron chi connectivity index (χ3n) is 2.73. The Bertz CT molecular complexity index is 772. The molecule has 0 bridgehead atoms. The molecule has 104 valence electrons. The van der Waals surface area contributed by atoms with Crippen LogP contribution in [0.15, 0.2) is 35.4 Å². The van der Waals surface area contributed by atoms with Crippen LogP contribution < -0.4 is 4.72 Å². The standard InChI is InChI=1S/C13H14N4O2S/c1-10-3-4-12(11(2)9-10)20(18,19)16-13-5-7-17(15-13)8-6-14/h3-5,7,9H,8H2,1-2H3,(H,15,16). The van der Waals surface area contributed by atoms with E-state index in [1.165, 1.54) is 10.7 Å². The van der Waals surface area contributed by atoms with E-state index in [0.717, 1.165) is 5.56 Å². The molecule has 1 N–H and O–H groups in total. The van der Waals surface area contributed by atoms with Crippen molar-refractivity contribution in [1.82, 2.24) is 9.78 Å². The number of sulfonamides is 1. The number of anilines is 1. The van der Waals surface area contributed by atoms with Crippen molar-refractivity contribution in [3.8, 4) is 6.07 Å². The molecule has 0 fully saturated rings. The molecule has 2 rings (SSSR count). The van der Waals surface area contributed by atoms with E-state index in [1.54, 1.807) is 25.3 Å². The zero-order valence-electron chi connectivity index (χ0n) is 11.2. The van der Waals surface area contributed by atoms with Gasteiger partial charge < -0.3 is 0 Å². The molecular formula is C13H14N4O2S. The first kappa shape index (κ1) is 14.1. The number of benzene rings is 1. The Morgan fingerprint density at radius 1 is 1.35 bits per heavy atom. The summed E-state index contributed by atoms with van der Waals surface area (Å²) in [7, 11) is -3.67. The van der Waals surface area contributed by atoms with Crippen molar-refractivity contribution in [3.63, 3.8) is 0 Å². The van der Waals surface area contributed by atoms with E-state index in [9.17, 15) is 8.42 Å². The van der Waals surface area contributed by atoms with Gasteiger partial charge in [-0.15, -0.1) is 0 Å². The molecule has 0 saturated carbocycles. The lowest BCUT2D eigenvalue weighted by Crippen LogP contribution is -2.15. The van der Waals surface area contributed by atoms with Crippen LogP contribution in [-0.2, 0) is 16.6 Å². The molecule has 0 aliphatic carbocycles. The number of nitrogens with one attached hydrogen (secondary N) is 1. The van der Waals surface area contributed by atoms with E-state index in [0.29, 0.717) is 5.56 Å². The molecule has 0 aliphatic rings. The Morgan fingerprint density at radius 3 is 2.75 bits per heavy atom. The topological polar surface area (TPSA) is 87.8 Å². The molecule has 1 heterocycles. The highest BCUT2D eigenvalue weighted by molar-refractivity contribution is 7.92. The fraction of sp³-hybridized carbons (Fsp3) is 0.231. The molecule has 1 aromatic carbocycles. The third kappa shape index (κ3) is 2.97. The van der Waals surface area contributed by atoms with Gasteiger partial charge in [0.2, 0.25) is 0 Å². The number of nitrogens with zero attached hydrogens (tertiary/aromatic N) is 3. The van der Waals surface area contributed by atoms with Gasteiger partial charge in [-0.25, -0.2) is 8.42 Å². The molecule has 0 spiro atoms. The molecule has 0 atom stereocenters. The Balaban J connectivity index is 2.28. The zero-order chi connectivity index (χ0) is 14.8. The SMILES string of the molecule is Cc1ccc(S(=O)(=O)Nc2ccn(CC#N)n2)c(C)c1. The zero-order valence-corrected chi connectivity index (χ0v) is 12.0. The summed E-state index contributed by atoms with van der Waals surface area (Å²) in [5.41, 5.74) is 1.67. The maximum Gasteiger partial charge on any atom is 0.263 e. The van der Waals surface area contributed by atoms with Gasteiger partial charge in [-0.2, -0.15) is 10.4 Å². The van der Waals surface area contributed by atoms with Gasteiger partial charge in [0.05, 0.1) is 11.0 Å². The maximum absolute atomic E-state index is 12.3. The second-order valence-corrected chi connectivity index (χ2v) is 6.08. The van der Waals surface area contributed by atoms with Crippen LogP contribution in [-0.4, -0.2) is 18.2 Å². The second kappa shape index (κ2) is 5.35. The quantitative estimate of drug-likeness (QED) is 0.930. The predicted octanol–water partition coefficient (Wildman–Crippen LogP) is 1.82.